The molecule has 2 aromatic rings. The van der Waals surface area contributed by atoms with Gasteiger partial charge in [-0.15, -0.1) is 12.4 Å². The molecule has 0 spiro atoms. The van der Waals surface area contributed by atoms with Crippen molar-refractivity contribution in [3.05, 3.63) is 24.2 Å². The first-order chi connectivity index (χ1) is 11.3. The Bertz CT molecular complexity index is 655. The van der Waals surface area contributed by atoms with Crippen molar-refractivity contribution in [2.24, 2.45) is 0 Å². The molecule has 0 radical (unpaired) electrons. The Morgan fingerprint density at radius 2 is 2.04 bits per heavy atom. The standard InChI is InChI=1S/C16H22N6O.ClH/c1-21-9-6-17-11-13(21)15-19-16(23-20-15)12-4-5-14(18-10-12)22-7-2-3-8-22;/h4-5,10,13,17H,2-3,6-9,11H2,1H3;1H. The van der Waals surface area contributed by atoms with Crippen molar-refractivity contribution >= 4 is 18.2 Å². The highest BCUT2D eigenvalue weighted by Gasteiger charge is 2.25. The van der Waals surface area contributed by atoms with Crippen molar-refractivity contribution in [3.8, 4) is 11.5 Å². The highest BCUT2D eigenvalue weighted by molar-refractivity contribution is 5.85. The molecule has 4 heterocycles. The van der Waals surface area contributed by atoms with E-state index in [1.807, 2.05) is 18.3 Å². The first-order valence-corrected chi connectivity index (χ1v) is 8.27. The average Bonchev–Trinajstić information content (AvgIpc) is 3.27. The number of hydrogen-bond acceptors (Lipinski definition) is 7. The van der Waals surface area contributed by atoms with E-state index in [-0.39, 0.29) is 18.4 Å². The van der Waals surface area contributed by atoms with Crippen molar-refractivity contribution in [1.82, 2.24) is 25.3 Å². The molecule has 0 amide bonds. The van der Waals surface area contributed by atoms with Gasteiger partial charge in [-0.2, -0.15) is 4.98 Å². The topological polar surface area (TPSA) is 70.3 Å². The van der Waals surface area contributed by atoms with Gasteiger partial charge in [0.15, 0.2) is 5.82 Å². The van der Waals surface area contributed by atoms with Crippen LogP contribution in [0.3, 0.4) is 0 Å². The fourth-order valence-corrected chi connectivity index (χ4v) is 3.23. The van der Waals surface area contributed by atoms with Crippen LogP contribution in [0.5, 0.6) is 0 Å². The minimum Gasteiger partial charge on any atom is -0.357 e. The molecule has 1 atom stereocenters. The largest absolute Gasteiger partial charge is 0.357 e. The fraction of sp³-hybridized carbons (Fsp3) is 0.562. The van der Waals surface area contributed by atoms with Crippen LogP contribution in [-0.2, 0) is 0 Å². The molecule has 2 aliphatic rings. The first-order valence-electron chi connectivity index (χ1n) is 8.27. The summed E-state index contributed by atoms with van der Waals surface area (Å²) in [6.07, 6.45) is 4.33. The summed E-state index contributed by atoms with van der Waals surface area (Å²) < 4.78 is 5.45. The Hall–Kier alpha value is -1.70. The Balaban J connectivity index is 0.00000169. The van der Waals surface area contributed by atoms with E-state index in [0.717, 1.165) is 49.9 Å². The molecule has 0 aromatic carbocycles. The zero-order valence-electron chi connectivity index (χ0n) is 13.8. The maximum Gasteiger partial charge on any atom is 0.259 e. The second-order valence-electron chi connectivity index (χ2n) is 6.26. The highest BCUT2D eigenvalue weighted by Crippen LogP contribution is 2.24. The predicted octanol–water partition coefficient (Wildman–Crippen LogP) is 1.73. The summed E-state index contributed by atoms with van der Waals surface area (Å²) in [6, 6.07) is 4.22. The third-order valence-electron chi connectivity index (χ3n) is 4.68. The molecule has 7 nitrogen and oxygen atoms in total. The molecule has 2 fully saturated rings. The van der Waals surface area contributed by atoms with Crippen molar-refractivity contribution in [1.29, 1.82) is 0 Å². The van der Waals surface area contributed by atoms with Crippen LogP contribution in [0.25, 0.3) is 11.5 Å². The van der Waals surface area contributed by atoms with Crippen molar-refractivity contribution in [2.75, 3.05) is 44.7 Å². The van der Waals surface area contributed by atoms with Gasteiger partial charge in [-0.3, -0.25) is 4.90 Å². The van der Waals surface area contributed by atoms with Crippen LogP contribution in [0.4, 0.5) is 5.82 Å². The summed E-state index contributed by atoms with van der Waals surface area (Å²) in [5.41, 5.74) is 0.873. The van der Waals surface area contributed by atoms with Crippen LogP contribution in [0.15, 0.2) is 22.9 Å². The number of likely N-dealkylation sites (N-methyl/N-ethyl adjacent to an activating group) is 1. The number of hydrogen-bond donors (Lipinski definition) is 1. The van der Waals surface area contributed by atoms with Crippen LogP contribution < -0.4 is 10.2 Å². The van der Waals surface area contributed by atoms with E-state index in [4.69, 9.17) is 4.52 Å². The zero-order valence-corrected chi connectivity index (χ0v) is 14.6. The molecule has 0 bridgehead atoms. The Morgan fingerprint density at radius 3 is 2.75 bits per heavy atom. The Labute approximate surface area is 147 Å². The lowest BCUT2D eigenvalue weighted by atomic mass is 10.2. The zero-order chi connectivity index (χ0) is 15.6. The van der Waals surface area contributed by atoms with Gasteiger partial charge in [0.1, 0.15) is 5.82 Å². The number of anilines is 1. The monoisotopic (exact) mass is 350 g/mol. The van der Waals surface area contributed by atoms with E-state index in [1.165, 1.54) is 12.8 Å². The SMILES string of the molecule is CN1CCNCC1c1noc(-c2ccc(N3CCCC3)nc2)n1.Cl. The van der Waals surface area contributed by atoms with Gasteiger partial charge < -0.3 is 14.7 Å². The van der Waals surface area contributed by atoms with Gasteiger partial charge in [-0.1, -0.05) is 5.16 Å². The van der Waals surface area contributed by atoms with Crippen molar-refractivity contribution < 1.29 is 4.52 Å². The number of nitrogens with one attached hydrogen (secondary N) is 1. The smallest absolute Gasteiger partial charge is 0.259 e. The maximum atomic E-state index is 5.45. The van der Waals surface area contributed by atoms with Crippen LogP contribution in [0.2, 0.25) is 0 Å². The van der Waals surface area contributed by atoms with E-state index in [9.17, 15) is 0 Å². The Morgan fingerprint density at radius 1 is 1.21 bits per heavy atom. The number of rotatable bonds is 3. The van der Waals surface area contributed by atoms with Gasteiger partial charge >= 0.3 is 0 Å². The van der Waals surface area contributed by atoms with Gasteiger partial charge in [0, 0.05) is 38.9 Å². The van der Waals surface area contributed by atoms with Gasteiger partial charge in [-0.25, -0.2) is 4.98 Å². The molecular formula is C16H23ClN6O. The number of halogens is 1. The summed E-state index contributed by atoms with van der Waals surface area (Å²) >= 11 is 0. The summed E-state index contributed by atoms with van der Waals surface area (Å²) in [6.45, 7) is 5.03. The van der Waals surface area contributed by atoms with Gasteiger partial charge in [0.05, 0.1) is 11.6 Å². The van der Waals surface area contributed by atoms with E-state index in [1.54, 1.807) is 0 Å². The Kier molecular flexibility index (Phi) is 5.33. The molecular weight excluding hydrogens is 328 g/mol. The van der Waals surface area contributed by atoms with Crippen LogP contribution >= 0.6 is 12.4 Å². The van der Waals surface area contributed by atoms with Gasteiger partial charge in [0.2, 0.25) is 0 Å². The van der Waals surface area contributed by atoms with E-state index < -0.39 is 0 Å². The molecule has 2 aliphatic heterocycles. The maximum absolute atomic E-state index is 5.45. The normalized spacial score (nSPS) is 21.7. The summed E-state index contributed by atoms with van der Waals surface area (Å²) in [5.74, 6) is 2.31. The van der Waals surface area contributed by atoms with Crippen LogP contribution in [-0.4, -0.2) is 59.8 Å². The third-order valence-corrected chi connectivity index (χ3v) is 4.68. The second kappa shape index (κ2) is 7.46. The molecule has 4 rings (SSSR count). The summed E-state index contributed by atoms with van der Waals surface area (Å²) in [4.78, 5) is 13.7. The second-order valence-corrected chi connectivity index (χ2v) is 6.26. The number of piperazine rings is 1. The van der Waals surface area contributed by atoms with Gasteiger partial charge in [0.25, 0.3) is 5.89 Å². The third kappa shape index (κ3) is 3.38. The van der Waals surface area contributed by atoms with Crippen molar-refractivity contribution in [2.45, 2.75) is 18.9 Å². The number of nitrogens with zero attached hydrogens (tertiary/aromatic N) is 5. The lowest BCUT2D eigenvalue weighted by Gasteiger charge is -2.30. The highest BCUT2D eigenvalue weighted by atomic mass is 35.5. The van der Waals surface area contributed by atoms with Crippen LogP contribution in [0, 0.1) is 0 Å². The minimum atomic E-state index is 0. The molecule has 1 N–H and O–H groups in total. The minimum absolute atomic E-state index is 0. The summed E-state index contributed by atoms with van der Waals surface area (Å²) in [7, 11) is 2.09. The average molecular weight is 351 g/mol. The molecule has 2 aromatic heterocycles. The van der Waals surface area contributed by atoms with E-state index in [0.29, 0.717) is 5.89 Å². The molecule has 24 heavy (non-hydrogen) atoms. The van der Waals surface area contributed by atoms with E-state index in [2.05, 4.69) is 37.3 Å². The number of aromatic nitrogens is 3. The molecule has 8 heteroatoms. The lowest BCUT2D eigenvalue weighted by Crippen LogP contribution is -2.44. The van der Waals surface area contributed by atoms with Gasteiger partial charge in [-0.05, 0) is 32.0 Å². The summed E-state index contributed by atoms with van der Waals surface area (Å²) in [5, 5.41) is 7.53. The molecule has 0 saturated carbocycles. The lowest BCUT2D eigenvalue weighted by molar-refractivity contribution is 0.190. The van der Waals surface area contributed by atoms with E-state index >= 15 is 0 Å². The fourth-order valence-electron chi connectivity index (χ4n) is 3.23. The number of pyridine rings is 1. The predicted molar refractivity (Wildman–Crippen MR) is 94.5 cm³/mol. The van der Waals surface area contributed by atoms with Crippen molar-refractivity contribution in [3.63, 3.8) is 0 Å². The molecule has 2 saturated heterocycles. The first kappa shape index (κ1) is 17.1. The molecule has 0 aliphatic carbocycles. The van der Waals surface area contributed by atoms with Crippen LogP contribution in [0.1, 0.15) is 24.7 Å². The molecule has 130 valence electrons. The quantitative estimate of drug-likeness (QED) is 0.903. The molecule has 1 unspecified atom stereocenters.